The van der Waals surface area contributed by atoms with Crippen LogP contribution in [0.3, 0.4) is 0 Å². The lowest BCUT2D eigenvalue weighted by Crippen LogP contribution is -2.54. The van der Waals surface area contributed by atoms with Crippen LogP contribution in [-0.2, 0) is 9.47 Å². The Morgan fingerprint density at radius 2 is 1.14 bits per heavy atom. The summed E-state index contributed by atoms with van der Waals surface area (Å²) in [7, 11) is 0. The maximum atomic E-state index is 6.41. The highest BCUT2D eigenvalue weighted by Crippen LogP contribution is 2.46. The van der Waals surface area contributed by atoms with E-state index < -0.39 is 0 Å². The lowest BCUT2D eigenvalue weighted by Gasteiger charge is -2.45. The van der Waals surface area contributed by atoms with Crippen molar-refractivity contribution in [2.45, 2.75) is 118 Å². The number of hydrogen-bond donors (Lipinski definition) is 0. The van der Waals surface area contributed by atoms with Crippen molar-refractivity contribution in [1.82, 2.24) is 0 Å². The fourth-order valence-corrected chi connectivity index (χ4v) is 4.95. The van der Waals surface area contributed by atoms with E-state index in [1.807, 2.05) is 0 Å². The van der Waals surface area contributed by atoms with E-state index >= 15 is 0 Å². The van der Waals surface area contributed by atoms with Gasteiger partial charge in [-0.25, -0.2) is 0 Å². The van der Waals surface area contributed by atoms with Crippen LogP contribution in [0, 0.1) is 0 Å². The molecular formula is C40H56O2. The van der Waals surface area contributed by atoms with Gasteiger partial charge in [0, 0.05) is 0 Å². The fourth-order valence-electron chi connectivity index (χ4n) is 4.95. The van der Waals surface area contributed by atoms with E-state index in [1.165, 1.54) is 33.4 Å². The van der Waals surface area contributed by atoms with E-state index in [1.54, 1.807) is 0 Å². The van der Waals surface area contributed by atoms with Gasteiger partial charge in [-0.2, -0.15) is 0 Å². The van der Waals surface area contributed by atoms with Crippen molar-refractivity contribution in [2.24, 2.45) is 0 Å². The Morgan fingerprint density at radius 3 is 1.69 bits per heavy atom. The van der Waals surface area contributed by atoms with Gasteiger partial charge in [-0.15, -0.1) is 0 Å². The van der Waals surface area contributed by atoms with Crippen molar-refractivity contribution < 1.29 is 9.47 Å². The molecule has 2 nitrogen and oxygen atoms in total. The zero-order valence-corrected chi connectivity index (χ0v) is 28.0. The normalized spacial score (nSPS) is 26.2. The van der Waals surface area contributed by atoms with Crippen molar-refractivity contribution in [2.75, 3.05) is 0 Å². The molecule has 0 aromatic carbocycles. The molecule has 0 spiro atoms. The Kier molecular flexibility index (Phi) is 14.5. The van der Waals surface area contributed by atoms with Crippen LogP contribution in [0.1, 0.15) is 94.9 Å². The first-order valence-corrected chi connectivity index (χ1v) is 15.5. The first-order valence-electron chi connectivity index (χ1n) is 15.5. The summed E-state index contributed by atoms with van der Waals surface area (Å²) in [6.07, 6.45) is 38.8. The maximum Gasteiger partial charge on any atom is 0.105 e. The van der Waals surface area contributed by atoms with Crippen molar-refractivity contribution >= 4 is 0 Å². The second kappa shape index (κ2) is 17.2. The second-order valence-electron chi connectivity index (χ2n) is 12.9. The topological polar surface area (TPSA) is 18.5 Å². The predicted molar refractivity (Wildman–Crippen MR) is 185 cm³/mol. The zero-order valence-electron chi connectivity index (χ0n) is 28.0. The van der Waals surface area contributed by atoms with Crippen molar-refractivity contribution in [1.29, 1.82) is 0 Å². The molecule has 0 N–H and O–H groups in total. The summed E-state index contributed by atoms with van der Waals surface area (Å²) in [5.74, 6) is 0. The van der Waals surface area contributed by atoms with Gasteiger partial charge in [-0.05, 0) is 94.9 Å². The van der Waals surface area contributed by atoms with Crippen LogP contribution in [0.5, 0.6) is 0 Å². The minimum atomic E-state index is -0.238. The largest absolute Gasteiger partial charge is 0.366 e. The van der Waals surface area contributed by atoms with E-state index in [0.29, 0.717) is 0 Å². The van der Waals surface area contributed by atoms with Gasteiger partial charge in [0.1, 0.15) is 6.10 Å². The molecule has 2 aliphatic heterocycles. The van der Waals surface area contributed by atoms with E-state index in [9.17, 15) is 0 Å². The summed E-state index contributed by atoms with van der Waals surface area (Å²) < 4.78 is 12.7. The molecule has 3 unspecified atom stereocenters. The van der Waals surface area contributed by atoms with Gasteiger partial charge >= 0.3 is 0 Å². The summed E-state index contributed by atoms with van der Waals surface area (Å²) in [6.45, 7) is 21.4. The van der Waals surface area contributed by atoms with Gasteiger partial charge in [0.05, 0.1) is 17.3 Å². The summed E-state index contributed by atoms with van der Waals surface area (Å²) in [5, 5.41) is 0. The smallest absolute Gasteiger partial charge is 0.105 e. The molecule has 0 amide bonds. The minimum Gasteiger partial charge on any atom is -0.366 e. The highest BCUT2D eigenvalue weighted by Gasteiger charge is 2.54. The highest BCUT2D eigenvalue weighted by molar-refractivity contribution is 5.32. The Morgan fingerprint density at radius 1 is 0.643 bits per heavy atom. The van der Waals surface area contributed by atoms with E-state index in [2.05, 4.69) is 166 Å². The molecule has 2 fully saturated rings. The van der Waals surface area contributed by atoms with E-state index in [4.69, 9.17) is 9.47 Å². The van der Waals surface area contributed by atoms with Crippen LogP contribution in [0.2, 0.25) is 0 Å². The van der Waals surface area contributed by atoms with Gasteiger partial charge in [0.25, 0.3) is 0 Å². The summed E-state index contributed by atoms with van der Waals surface area (Å²) in [5.41, 5.74) is 7.16. The van der Waals surface area contributed by atoms with Crippen LogP contribution >= 0.6 is 0 Å². The molecule has 0 aromatic rings. The molecule has 0 aromatic heterocycles. The molecule has 42 heavy (non-hydrogen) atoms. The molecule has 2 rings (SSSR count). The molecule has 0 saturated carbocycles. The van der Waals surface area contributed by atoms with Crippen molar-refractivity contribution in [3.05, 3.63) is 131 Å². The van der Waals surface area contributed by atoms with Crippen LogP contribution < -0.4 is 0 Å². The van der Waals surface area contributed by atoms with Crippen molar-refractivity contribution in [3.63, 3.8) is 0 Å². The molecule has 228 valence electrons. The van der Waals surface area contributed by atoms with Gasteiger partial charge < -0.3 is 9.47 Å². The molecule has 2 heteroatoms. The van der Waals surface area contributed by atoms with Gasteiger partial charge in [0.2, 0.25) is 0 Å². The lowest BCUT2D eigenvalue weighted by atomic mass is 9.95. The molecule has 2 bridgehead atoms. The van der Waals surface area contributed by atoms with E-state index in [-0.39, 0.29) is 23.4 Å². The molecule has 3 atom stereocenters. The predicted octanol–water partition coefficient (Wildman–Crippen LogP) is 11.4. The average molecular weight is 569 g/mol. The highest BCUT2D eigenvalue weighted by atomic mass is 16.6. The number of allylic oxidation sites excluding steroid dienone is 21. The molecular weight excluding hydrogens is 512 g/mol. The zero-order chi connectivity index (χ0) is 31.2. The van der Waals surface area contributed by atoms with Crippen LogP contribution in [0.25, 0.3) is 0 Å². The lowest BCUT2D eigenvalue weighted by molar-refractivity contribution is -0.251. The minimum absolute atomic E-state index is 0.0204. The first-order chi connectivity index (χ1) is 19.8. The standard InChI is InChI=1S/C40H56O2/c1-31(2)17-13-20-34(5)23-15-25-35(6)24-14-21-32(3)18-11-12-19-33(4)22-16-26-36(7)27-28-38-40(10)30-29-37(42-40)39(8,9)41-38/h11-12,14-19,21-28,37-38H,13,20,29-30H2,1-10H3/b12-11+,21-14+,22-16+,25-15+,28-27+,32-18+,33-19+,34-23+,35-24+,36-26+. The Bertz CT molecular complexity index is 1230. The van der Waals surface area contributed by atoms with Crippen LogP contribution in [-0.4, -0.2) is 23.4 Å². The number of rotatable bonds is 13. The summed E-state index contributed by atoms with van der Waals surface area (Å²) in [4.78, 5) is 0. The monoisotopic (exact) mass is 568 g/mol. The third-order valence-electron chi connectivity index (χ3n) is 7.75. The van der Waals surface area contributed by atoms with Gasteiger partial charge in [-0.1, -0.05) is 131 Å². The molecule has 0 radical (unpaired) electrons. The van der Waals surface area contributed by atoms with Gasteiger partial charge in [-0.3, -0.25) is 0 Å². The Labute approximate surface area is 258 Å². The quantitative estimate of drug-likeness (QED) is 0.162. The molecule has 2 aliphatic rings. The molecule has 2 saturated heterocycles. The maximum absolute atomic E-state index is 6.41. The number of ether oxygens (including phenoxy) is 2. The van der Waals surface area contributed by atoms with Crippen LogP contribution in [0.15, 0.2) is 131 Å². The first kappa shape index (κ1) is 35.3. The molecule has 2 heterocycles. The third kappa shape index (κ3) is 12.9. The van der Waals surface area contributed by atoms with E-state index in [0.717, 1.165) is 25.7 Å². The SMILES string of the molecule is CC(C)=CCC/C(C)=C/C=C/C(C)=C/C=C/C(C)=C/C=C/C=C(C)/C=C/C=C(C)/C=C/C1OC(C)(C)C2CCC1(C)O2. The second-order valence-corrected chi connectivity index (χ2v) is 12.9. The number of hydrogen-bond acceptors (Lipinski definition) is 2. The molecule has 0 aliphatic carbocycles. The average Bonchev–Trinajstić information content (AvgIpc) is 3.29. The fraction of sp³-hybridized carbons (Fsp3) is 0.450. The van der Waals surface area contributed by atoms with Crippen molar-refractivity contribution in [3.8, 4) is 0 Å². The number of fused-ring (bicyclic) bond motifs is 2. The third-order valence-corrected chi connectivity index (χ3v) is 7.75. The summed E-state index contributed by atoms with van der Waals surface area (Å²) in [6, 6.07) is 0. The Hall–Kier alpha value is -2.94. The Balaban J connectivity index is 1.81. The van der Waals surface area contributed by atoms with Crippen LogP contribution in [0.4, 0.5) is 0 Å². The van der Waals surface area contributed by atoms with Gasteiger partial charge in [0.15, 0.2) is 0 Å². The summed E-state index contributed by atoms with van der Waals surface area (Å²) >= 11 is 0.